The maximum atomic E-state index is 13.5. The van der Waals surface area contributed by atoms with E-state index in [1.54, 1.807) is 6.20 Å². The fourth-order valence-electron chi connectivity index (χ4n) is 4.10. The van der Waals surface area contributed by atoms with Gasteiger partial charge in [-0.25, -0.2) is 4.98 Å². The first-order valence-corrected chi connectivity index (χ1v) is 12.5. The molecule has 38 heavy (non-hydrogen) atoms. The zero-order valence-electron chi connectivity index (χ0n) is 21.7. The number of H-pyrrole nitrogens is 2. The minimum atomic E-state index is -1.21. The van der Waals surface area contributed by atoms with Crippen molar-refractivity contribution in [2.75, 3.05) is 0 Å². The van der Waals surface area contributed by atoms with Crippen LogP contribution in [-0.4, -0.2) is 67.9 Å². The lowest BCUT2D eigenvalue weighted by Crippen LogP contribution is -2.58. The van der Waals surface area contributed by atoms with E-state index < -0.39 is 47.9 Å². The van der Waals surface area contributed by atoms with Gasteiger partial charge >= 0.3 is 5.97 Å². The molecule has 0 bridgehead atoms. The molecule has 8 N–H and O–H groups in total. The highest BCUT2D eigenvalue weighted by Crippen LogP contribution is 2.19. The number of hydrogen-bond donors (Lipinski definition) is 7. The summed E-state index contributed by atoms with van der Waals surface area (Å²) in [7, 11) is 0. The molecule has 12 nitrogen and oxygen atoms in total. The molecule has 3 aromatic rings. The van der Waals surface area contributed by atoms with Gasteiger partial charge in [-0.2, -0.15) is 0 Å². The molecule has 0 fully saturated rings. The number of para-hydroxylation sites is 1. The van der Waals surface area contributed by atoms with E-state index in [9.17, 15) is 24.3 Å². The molecule has 0 radical (unpaired) electrons. The maximum Gasteiger partial charge on any atom is 0.325 e. The number of carbonyl (C=O) groups is 4. The number of rotatable bonds is 13. The molecular weight excluding hydrogens is 490 g/mol. The van der Waals surface area contributed by atoms with Crippen molar-refractivity contribution in [1.82, 2.24) is 30.9 Å². The zero-order chi connectivity index (χ0) is 27.8. The number of carboxylic acids is 1. The Balaban J connectivity index is 1.85. The summed E-state index contributed by atoms with van der Waals surface area (Å²) < 4.78 is 0. The fourth-order valence-corrected chi connectivity index (χ4v) is 4.10. The molecule has 0 spiro atoms. The molecule has 0 saturated heterocycles. The molecule has 2 aromatic heterocycles. The van der Waals surface area contributed by atoms with Gasteiger partial charge in [0.2, 0.25) is 17.7 Å². The first kappa shape index (κ1) is 28.4. The van der Waals surface area contributed by atoms with Crippen LogP contribution in [-0.2, 0) is 32.0 Å². The molecule has 3 amide bonds. The highest BCUT2D eigenvalue weighted by Gasteiger charge is 2.30. The van der Waals surface area contributed by atoms with Gasteiger partial charge in [-0.15, -0.1) is 0 Å². The molecule has 4 atom stereocenters. The molecule has 3 rings (SSSR count). The van der Waals surface area contributed by atoms with Crippen molar-refractivity contribution < 1.29 is 24.3 Å². The number of amides is 3. The van der Waals surface area contributed by atoms with Crippen molar-refractivity contribution in [3.05, 3.63) is 54.2 Å². The number of aromatic amines is 2. The third-order valence-electron chi connectivity index (χ3n) is 6.14. The number of aliphatic carboxylic acids is 1. The first-order chi connectivity index (χ1) is 18.0. The monoisotopic (exact) mass is 525 g/mol. The van der Waals surface area contributed by atoms with Crippen LogP contribution in [0.2, 0.25) is 0 Å². The van der Waals surface area contributed by atoms with Crippen molar-refractivity contribution in [3.63, 3.8) is 0 Å². The summed E-state index contributed by atoms with van der Waals surface area (Å²) in [6.07, 6.45) is 5.31. The summed E-state index contributed by atoms with van der Waals surface area (Å²) in [5.41, 5.74) is 8.31. The number of aromatic nitrogens is 3. The number of fused-ring (bicyclic) bond motifs is 1. The van der Waals surface area contributed by atoms with Crippen molar-refractivity contribution in [2.45, 2.75) is 64.2 Å². The average Bonchev–Trinajstić information content (AvgIpc) is 3.52. The molecule has 0 aliphatic heterocycles. The Morgan fingerprint density at radius 2 is 1.61 bits per heavy atom. The summed E-state index contributed by atoms with van der Waals surface area (Å²) in [5.74, 6) is -2.81. The van der Waals surface area contributed by atoms with Gasteiger partial charge in [-0.1, -0.05) is 32.0 Å². The number of nitrogens with two attached hydrogens (primary N) is 1. The van der Waals surface area contributed by atoms with E-state index in [4.69, 9.17) is 5.73 Å². The van der Waals surface area contributed by atoms with E-state index in [0.29, 0.717) is 12.1 Å². The predicted octanol–water partition coefficient (Wildman–Crippen LogP) is 0.609. The van der Waals surface area contributed by atoms with Crippen LogP contribution in [0.1, 0.15) is 38.4 Å². The summed E-state index contributed by atoms with van der Waals surface area (Å²) in [6.45, 7) is 5.21. The number of imidazole rings is 1. The topological polar surface area (TPSA) is 195 Å². The summed E-state index contributed by atoms with van der Waals surface area (Å²) in [4.78, 5) is 60.6. The Hall–Kier alpha value is -4.19. The second kappa shape index (κ2) is 12.9. The van der Waals surface area contributed by atoms with Crippen LogP contribution in [0.15, 0.2) is 43.0 Å². The largest absolute Gasteiger partial charge is 0.480 e. The molecule has 204 valence electrons. The summed E-state index contributed by atoms with van der Waals surface area (Å²) >= 11 is 0. The van der Waals surface area contributed by atoms with Crippen molar-refractivity contribution in [1.29, 1.82) is 0 Å². The number of carboxylic acid groups (broad SMARTS) is 1. The van der Waals surface area contributed by atoms with E-state index in [0.717, 1.165) is 16.5 Å². The zero-order valence-corrected chi connectivity index (χ0v) is 21.7. The van der Waals surface area contributed by atoms with Gasteiger partial charge in [0, 0.05) is 41.8 Å². The van der Waals surface area contributed by atoms with Gasteiger partial charge in [0.15, 0.2) is 0 Å². The summed E-state index contributed by atoms with van der Waals surface area (Å²) in [5, 5.41) is 17.9. The third-order valence-corrected chi connectivity index (χ3v) is 6.14. The van der Waals surface area contributed by atoms with Crippen LogP contribution >= 0.6 is 0 Å². The lowest BCUT2D eigenvalue weighted by atomic mass is 10.0. The van der Waals surface area contributed by atoms with Crippen LogP contribution in [0.4, 0.5) is 0 Å². The van der Waals surface area contributed by atoms with E-state index in [-0.39, 0.29) is 18.8 Å². The Kier molecular flexibility index (Phi) is 9.61. The second-order valence-electron chi connectivity index (χ2n) is 9.77. The fraction of sp³-hybridized carbons (Fsp3) is 0.423. The minimum absolute atomic E-state index is 0.0323. The van der Waals surface area contributed by atoms with Crippen molar-refractivity contribution in [2.24, 2.45) is 11.7 Å². The molecule has 4 unspecified atom stereocenters. The molecule has 0 saturated carbocycles. The number of nitrogens with one attached hydrogen (secondary N) is 5. The highest BCUT2D eigenvalue weighted by molar-refractivity contribution is 5.95. The van der Waals surface area contributed by atoms with E-state index in [1.165, 1.54) is 19.4 Å². The van der Waals surface area contributed by atoms with Crippen molar-refractivity contribution in [3.8, 4) is 0 Å². The predicted molar refractivity (Wildman–Crippen MR) is 141 cm³/mol. The first-order valence-electron chi connectivity index (χ1n) is 12.5. The van der Waals surface area contributed by atoms with Crippen molar-refractivity contribution >= 4 is 34.6 Å². The maximum absolute atomic E-state index is 13.5. The van der Waals surface area contributed by atoms with Crippen LogP contribution in [0, 0.1) is 5.92 Å². The van der Waals surface area contributed by atoms with Gasteiger partial charge in [0.25, 0.3) is 0 Å². The Morgan fingerprint density at radius 1 is 0.947 bits per heavy atom. The normalized spacial score (nSPS) is 14.4. The SMILES string of the molecule is CC(C)CC(N)C(=O)NC(Cc1c[nH]c2ccccc12)C(=O)NC(Cc1cnc[nH]1)C(=O)NC(C)C(=O)O. The third kappa shape index (κ3) is 7.65. The van der Waals surface area contributed by atoms with Gasteiger partial charge in [-0.3, -0.25) is 19.2 Å². The van der Waals surface area contributed by atoms with E-state index >= 15 is 0 Å². The van der Waals surface area contributed by atoms with Crippen LogP contribution in [0.5, 0.6) is 0 Å². The molecular formula is C26H35N7O5. The molecule has 0 aliphatic carbocycles. The smallest absolute Gasteiger partial charge is 0.325 e. The second-order valence-corrected chi connectivity index (χ2v) is 9.77. The molecule has 1 aromatic carbocycles. The number of hydrogen-bond acceptors (Lipinski definition) is 6. The lowest BCUT2D eigenvalue weighted by Gasteiger charge is -2.25. The van der Waals surface area contributed by atoms with Gasteiger partial charge in [0.05, 0.1) is 12.4 Å². The highest BCUT2D eigenvalue weighted by atomic mass is 16.4. The standard InChI is InChI=1S/C26H35N7O5/c1-14(2)8-19(27)23(34)32-21(9-16-11-29-20-7-5-4-6-18(16)20)25(36)33-22(10-17-12-28-13-30-17)24(35)31-15(3)26(37)38/h4-7,11-15,19,21-22,29H,8-10,27H2,1-3H3,(H,28,30)(H,31,35)(H,32,34)(H,33,36)(H,37,38). The van der Waals surface area contributed by atoms with Gasteiger partial charge in [0.1, 0.15) is 18.1 Å². The minimum Gasteiger partial charge on any atom is -0.480 e. The quantitative estimate of drug-likeness (QED) is 0.170. The number of benzene rings is 1. The molecule has 12 heteroatoms. The van der Waals surface area contributed by atoms with Gasteiger partial charge < -0.3 is 36.8 Å². The van der Waals surface area contributed by atoms with Crippen LogP contribution in [0.25, 0.3) is 10.9 Å². The molecule has 0 aliphatic rings. The Morgan fingerprint density at radius 3 is 2.26 bits per heavy atom. The van der Waals surface area contributed by atoms with Gasteiger partial charge in [-0.05, 0) is 30.9 Å². The lowest BCUT2D eigenvalue weighted by molar-refractivity contribution is -0.141. The summed E-state index contributed by atoms with van der Waals surface area (Å²) in [6, 6.07) is 3.42. The number of nitrogens with zero attached hydrogens (tertiary/aromatic N) is 1. The van der Waals surface area contributed by atoms with Crippen LogP contribution in [0.3, 0.4) is 0 Å². The number of carbonyl (C=O) groups excluding carboxylic acids is 3. The Labute approximate surface area is 220 Å². The molecule has 2 heterocycles. The van der Waals surface area contributed by atoms with E-state index in [1.807, 2.05) is 38.1 Å². The van der Waals surface area contributed by atoms with E-state index in [2.05, 4.69) is 30.9 Å². The van der Waals surface area contributed by atoms with Crippen LogP contribution < -0.4 is 21.7 Å². The Bertz CT molecular complexity index is 1250. The average molecular weight is 526 g/mol.